The van der Waals surface area contributed by atoms with E-state index in [2.05, 4.69) is 5.32 Å². The quantitative estimate of drug-likeness (QED) is 0.623. The highest BCUT2D eigenvalue weighted by molar-refractivity contribution is 6.25. The fraction of sp³-hybridized carbons (Fsp3) is 0.133. The summed E-state index contributed by atoms with van der Waals surface area (Å²) >= 11 is 6.16. The largest absolute Gasteiger partial charge is 0.478 e. The summed E-state index contributed by atoms with van der Waals surface area (Å²) in [5.41, 5.74) is -0.394. The Labute approximate surface area is 134 Å². The maximum absolute atomic E-state index is 12.8. The molecule has 0 bridgehead atoms. The Morgan fingerprint density at radius 3 is 2.61 bits per heavy atom. The molecule has 2 aromatic carbocycles. The van der Waals surface area contributed by atoms with Crippen LogP contribution in [0, 0.1) is 0 Å². The molecule has 1 heterocycles. The van der Waals surface area contributed by atoms with Gasteiger partial charge >= 0.3 is 12.1 Å². The molecule has 1 unspecified atom stereocenters. The zero-order valence-corrected chi connectivity index (χ0v) is 12.2. The average Bonchev–Trinajstić information content (AvgIpc) is 2.81. The van der Waals surface area contributed by atoms with Crippen LogP contribution in [0.15, 0.2) is 42.5 Å². The molecule has 0 saturated heterocycles. The Kier molecular flexibility index (Phi) is 3.60. The molecule has 4 nitrogen and oxygen atoms in total. The van der Waals surface area contributed by atoms with Gasteiger partial charge in [0.15, 0.2) is 5.62 Å². The molecular formula is C15H10ClF3N2O2. The lowest BCUT2D eigenvalue weighted by atomic mass is 10.1. The van der Waals surface area contributed by atoms with E-state index < -0.39 is 23.3 Å². The predicted molar refractivity (Wildman–Crippen MR) is 80.2 cm³/mol. The number of nitrogens with zero attached hydrogens (tertiary/aromatic N) is 1. The minimum absolute atomic E-state index is 0.0618. The number of aromatic carboxylic acids is 1. The van der Waals surface area contributed by atoms with Crippen LogP contribution in [-0.2, 0) is 6.18 Å². The monoisotopic (exact) mass is 342 g/mol. The summed E-state index contributed by atoms with van der Waals surface area (Å²) in [5.74, 6) is -1.10. The molecule has 3 rings (SSSR count). The van der Waals surface area contributed by atoms with Crippen molar-refractivity contribution >= 4 is 34.6 Å². The number of nitrogens with one attached hydrogen (secondary N) is 1. The third kappa shape index (κ3) is 2.79. The van der Waals surface area contributed by atoms with Gasteiger partial charge in [-0.1, -0.05) is 17.7 Å². The normalized spacial score (nSPS) is 16.9. The topological polar surface area (TPSA) is 52.6 Å². The van der Waals surface area contributed by atoms with Gasteiger partial charge in [-0.3, -0.25) is 0 Å². The Morgan fingerprint density at radius 2 is 1.96 bits per heavy atom. The number of hydrogen-bond acceptors (Lipinski definition) is 3. The number of alkyl halides is 4. The first-order valence-electron chi connectivity index (χ1n) is 6.52. The first-order chi connectivity index (χ1) is 10.8. The van der Waals surface area contributed by atoms with Gasteiger partial charge in [0.25, 0.3) is 0 Å². The summed E-state index contributed by atoms with van der Waals surface area (Å²) in [6, 6.07) is 9.26. The molecule has 1 aliphatic heterocycles. The van der Waals surface area contributed by atoms with Gasteiger partial charge in [0.05, 0.1) is 22.5 Å². The molecule has 0 radical (unpaired) electrons. The summed E-state index contributed by atoms with van der Waals surface area (Å²) in [5, 5.41) is 11.8. The molecule has 0 spiro atoms. The first kappa shape index (κ1) is 15.5. The third-order valence-corrected chi connectivity index (χ3v) is 3.76. The Balaban J connectivity index is 2.04. The van der Waals surface area contributed by atoms with Gasteiger partial charge in [-0.05, 0) is 36.4 Å². The van der Waals surface area contributed by atoms with Crippen LogP contribution in [0.2, 0.25) is 0 Å². The molecule has 0 amide bonds. The minimum atomic E-state index is -4.45. The first-order valence-corrected chi connectivity index (χ1v) is 6.95. The number of fused-ring (bicyclic) bond motifs is 1. The van der Waals surface area contributed by atoms with Crippen molar-refractivity contribution in [2.24, 2.45) is 0 Å². The van der Waals surface area contributed by atoms with Crippen molar-refractivity contribution in [2.45, 2.75) is 11.8 Å². The summed E-state index contributed by atoms with van der Waals surface area (Å²) < 4.78 is 38.3. The molecular weight excluding hydrogens is 333 g/mol. The van der Waals surface area contributed by atoms with E-state index in [1.807, 2.05) is 0 Å². The van der Waals surface area contributed by atoms with E-state index in [-0.39, 0.29) is 11.3 Å². The number of benzene rings is 2. The van der Waals surface area contributed by atoms with Crippen molar-refractivity contribution in [1.82, 2.24) is 0 Å². The lowest BCUT2D eigenvalue weighted by molar-refractivity contribution is -0.137. The Bertz CT molecular complexity index is 780. The molecule has 2 aromatic rings. The molecule has 120 valence electrons. The van der Waals surface area contributed by atoms with E-state index in [1.165, 1.54) is 23.1 Å². The van der Waals surface area contributed by atoms with Crippen molar-refractivity contribution in [3.05, 3.63) is 53.6 Å². The number of anilines is 3. The van der Waals surface area contributed by atoms with E-state index in [1.54, 1.807) is 12.1 Å². The number of carboxylic acids is 1. The van der Waals surface area contributed by atoms with Gasteiger partial charge < -0.3 is 15.3 Å². The number of carboxylic acid groups (broad SMARTS) is 1. The molecule has 0 aromatic heterocycles. The molecule has 1 aliphatic rings. The standard InChI is InChI=1S/C15H10ClF3N2O2/c16-14-20-11-7-9(15(17,18)19)4-5-12(11)21(14)10-3-1-2-8(6-10)13(22)23/h1-7,14,20H,(H,22,23). The number of rotatable bonds is 2. The Hall–Kier alpha value is -2.41. The second kappa shape index (κ2) is 5.34. The van der Waals surface area contributed by atoms with E-state index in [4.69, 9.17) is 16.7 Å². The van der Waals surface area contributed by atoms with Crippen LogP contribution >= 0.6 is 11.6 Å². The maximum atomic E-state index is 12.8. The number of carbonyl (C=O) groups is 1. The summed E-state index contributed by atoms with van der Waals surface area (Å²) in [4.78, 5) is 12.6. The van der Waals surface area contributed by atoms with Crippen LogP contribution in [0.4, 0.5) is 30.2 Å². The van der Waals surface area contributed by atoms with E-state index >= 15 is 0 Å². The number of hydrogen-bond donors (Lipinski definition) is 2. The van der Waals surface area contributed by atoms with Gasteiger partial charge in [-0.2, -0.15) is 13.2 Å². The van der Waals surface area contributed by atoms with Crippen LogP contribution in [-0.4, -0.2) is 16.7 Å². The van der Waals surface area contributed by atoms with Crippen molar-refractivity contribution in [2.75, 3.05) is 10.2 Å². The second-order valence-corrected chi connectivity index (χ2v) is 5.35. The van der Waals surface area contributed by atoms with Crippen LogP contribution in [0.3, 0.4) is 0 Å². The predicted octanol–water partition coefficient (Wildman–Crippen LogP) is 4.49. The molecule has 0 aliphatic carbocycles. The van der Waals surface area contributed by atoms with Gasteiger partial charge in [-0.25, -0.2) is 4.79 Å². The zero-order chi connectivity index (χ0) is 16.8. The smallest absolute Gasteiger partial charge is 0.416 e. The van der Waals surface area contributed by atoms with Crippen molar-refractivity contribution in [1.29, 1.82) is 0 Å². The van der Waals surface area contributed by atoms with Gasteiger partial charge in [0.1, 0.15) is 0 Å². The van der Waals surface area contributed by atoms with E-state index in [0.29, 0.717) is 11.4 Å². The van der Waals surface area contributed by atoms with E-state index in [0.717, 1.165) is 12.1 Å². The van der Waals surface area contributed by atoms with Crippen LogP contribution in [0.5, 0.6) is 0 Å². The van der Waals surface area contributed by atoms with Crippen LogP contribution < -0.4 is 10.2 Å². The highest BCUT2D eigenvalue weighted by Crippen LogP contribution is 2.44. The van der Waals surface area contributed by atoms with Gasteiger partial charge in [0.2, 0.25) is 0 Å². The summed E-state index contributed by atoms with van der Waals surface area (Å²) in [7, 11) is 0. The number of halogens is 4. The fourth-order valence-electron chi connectivity index (χ4n) is 2.41. The van der Waals surface area contributed by atoms with Crippen molar-refractivity contribution in [3.63, 3.8) is 0 Å². The molecule has 0 saturated carbocycles. The minimum Gasteiger partial charge on any atom is -0.478 e. The van der Waals surface area contributed by atoms with Gasteiger partial charge in [0, 0.05) is 5.69 Å². The average molecular weight is 343 g/mol. The van der Waals surface area contributed by atoms with Crippen LogP contribution in [0.1, 0.15) is 15.9 Å². The maximum Gasteiger partial charge on any atom is 0.416 e. The zero-order valence-electron chi connectivity index (χ0n) is 11.4. The molecule has 0 fully saturated rings. The molecule has 2 N–H and O–H groups in total. The van der Waals surface area contributed by atoms with Gasteiger partial charge in [-0.15, -0.1) is 0 Å². The van der Waals surface area contributed by atoms with Crippen molar-refractivity contribution < 1.29 is 23.1 Å². The lowest BCUT2D eigenvalue weighted by Gasteiger charge is -2.22. The van der Waals surface area contributed by atoms with Crippen LogP contribution in [0.25, 0.3) is 0 Å². The van der Waals surface area contributed by atoms with Crippen molar-refractivity contribution in [3.8, 4) is 0 Å². The third-order valence-electron chi connectivity index (χ3n) is 3.46. The second-order valence-electron chi connectivity index (χ2n) is 4.94. The SMILES string of the molecule is O=C(O)c1cccc(N2c3ccc(C(F)(F)F)cc3NC2Cl)c1. The molecule has 8 heteroatoms. The summed E-state index contributed by atoms with van der Waals surface area (Å²) in [6.07, 6.45) is -4.45. The van der Waals surface area contributed by atoms with E-state index in [9.17, 15) is 18.0 Å². The lowest BCUT2D eigenvalue weighted by Crippen LogP contribution is -2.26. The Morgan fingerprint density at radius 1 is 1.22 bits per heavy atom. The molecule has 23 heavy (non-hydrogen) atoms. The highest BCUT2D eigenvalue weighted by Gasteiger charge is 2.35. The fourth-order valence-corrected chi connectivity index (χ4v) is 2.75. The summed E-state index contributed by atoms with van der Waals surface area (Å²) in [6.45, 7) is 0. The highest BCUT2D eigenvalue weighted by atomic mass is 35.5. The molecule has 1 atom stereocenters.